The second-order valence-corrected chi connectivity index (χ2v) is 6.90. The van der Waals surface area contributed by atoms with Crippen molar-refractivity contribution in [2.45, 2.75) is 24.9 Å². The van der Waals surface area contributed by atoms with Crippen LogP contribution in [0.1, 0.15) is 18.4 Å². The second-order valence-electron chi connectivity index (χ2n) is 6.47. The van der Waals surface area contributed by atoms with E-state index in [-0.39, 0.29) is 30.7 Å². The molecule has 8 heteroatoms. The molecule has 142 valence electrons. The number of nitrogens with zero attached hydrogens (tertiary/aromatic N) is 2. The third kappa shape index (κ3) is 5.71. The van der Waals surface area contributed by atoms with E-state index in [1.54, 1.807) is 0 Å². The van der Waals surface area contributed by atoms with Gasteiger partial charge in [0, 0.05) is 51.0 Å². The minimum Gasteiger partial charge on any atom is -0.381 e. The highest BCUT2D eigenvalue weighted by Crippen LogP contribution is 2.22. The third-order valence-corrected chi connectivity index (χ3v) is 5.00. The Hall–Kier alpha value is -0.560. The molecule has 0 saturated carbocycles. The van der Waals surface area contributed by atoms with E-state index >= 15 is 0 Å². The Kier molecular flexibility index (Phi) is 8.95. The Bertz CT molecular complexity index is 560. The Morgan fingerprint density at radius 3 is 2.40 bits per heavy atom. The predicted octanol–water partition coefficient (Wildman–Crippen LogP) is 2.34. The highest BCUT2D eigenvalue weighted by Gasteiger charge is 2.39. The summed E-state index contributed by atoms with van der Waals surface area (Å²) in [5.74, 6) is 0.0863. The minimum atomic E-state index is -0.729. The molecule has 0 spiro atoms. The van der Waals surface area contributed by atoms with Crippen LogP contribution in [0, 0.1) is 0 Å². The third-order valence-electron chi connectivity index (χ3n) is 4.77. The van der Waals surface area contributed by atoms with Gasteiger partial charge in [-0.2, -0.15) is 0 Å². The molecular formula is C17H26Cl3N3O2. The predicted molar refractivity (Wildman–Crippen MR) is 105 cm³/mol. The van der Waals surface area contributed by atoms with Crippen molar-refractivity contribution in [2.24, 2.45) is 5.73 Å². The summed E-state index contributed by atoms with van der Waals surface area (Å²) >= 11 is 6.03. The molecular weight excluding hydrogens is 385 g/mol. The van der Waals surface area contributed by atoms with E-state index < -0.39 is 5.54 Å². The number of rotatable bonds is 3. The highest BCUT2D eigenvalue weighted by atomic mass is 35.5. The van der Waals surface area contributed by atoms with Crippen LogP contribution in [0.4, 0.5) is 0 Å². The van der Waals surface area contributed by atoms with Crippen LogP contribution in [-0.4, -0.2) is 60.6 Å². The second kappa shape index (κ2) is 9.95. The number of ether oxygens (including phenoxy) is 1. The van der Waals surface area contributed by atoms with Gasteiger partial charge in [0.2, 0.25) is 5.91 Å². The standard InChI is InChI=1S/C17H24ClN3O2.2ClH/c18-15-3-1-2-14(12-15)13-20-6-8-21(9-7-20)16(22)17(19)4-10-23-11-5-17;;/h1-3,12H,4-11,13,19H2;2*1H. The van der Waals surface area contributed by atoms with E-state index in [0.29, 0.717) is 26.1 Å². The minimum absolute atomic E-state index is 0. The molecule has 0 unspecified atom stereocenters. The van der Waals surface area contributed by atoms with Gasteiger partial charge in [0.1, 0.15) is 0 Å². The Labute approximate surface area is 166 Å². The molecule has 2 aliphatic rings. The molecule has 2 N–H and O–H groups in total. The number of carbonyl (C=O) groups is 1. The molecule has 2 aliphatic heterocycles. The molecule has 2 saturated heterocycles. The molecule has 1 aromatic carbocycles. The van der Waals surface area contributed by atoms with Crippen LogP contribution in [0.3, 0.4) is 0 Å². The lowest BCUT2D eigenvalue weighted by Gasteiger charge is -2.41. The molecule has 0 aliphatic carbocycles. The number of amides is 1. The summed E-state index contributed by atoms with van der Waals surface area (Å²) in [4.78, 5) is 17.0. The lowest BCUT2D eigenvalue weighted by molar-refractivity contribution is -0.142. The fraction of sp³-hybridized carbons (Fsp3) is 0.588. The molecule has 5 nitrogen and oxygen atoms in total. The molecule has 0 aromatic heterocycles. The summed E-state index contributed by atoms with van der Waals surface area (Å²) in [5.41, 5.74) is 6.79. The van der Waals surface area contributed by atoms with Gasteiger partial charge in [-0.05, 0) is 30.5 Å². The summed E-state index contributed by atoms with van der Waals surface area (Å²) in [6.07, 6.45) is 1.24. The van der Waals surface area contributed by atoms with Crippen molar-refractivity contribution in [3.63, 3.8) is 0 Å². The van der Waals surface area contributed by atoms with Gasteiger partial charge in [0.25, 0.3) is 0 Å². The van der Waals surface area contributed by atoms with Crippen LogP contribution in [0.15, 0.2) is 24.3 Å². The quantitative estimate of drug-likeness (QED) is 0.831. The molecule has 1 amide bonds. The van der Waals surface area contributed by atoms with Crippen LogP contribution < -0.4 is 5.73 Å². The fourth-order valence-corrected chi connectivity index (χ4v) is 3.48. The van der Waals surface area contributed by atoms with Crippen molar-refractivity contribution in [3.8, 4) is 0 Å². The lowest BCUT2D eigenvalue weighted by atomic mass is 9.89. The van der Waals surface area contributed by atoms with E-state index in [0.717, 1.165) is 37.7 Å². The molecule has 2 fully saturated rings. The summed E-state index contributed by atoms with van der Waals surface area (Å²) in [5, 5.41) is 0.765. The van der Waals surface area contributed by atoms with Gasteiger partial charge < -0.3 is 15.4 Å². The number of halogens is 3. The van der Waals surface area contributed by atoms with E-state index in [1.807, 2.05) is 23.1 Å². The lowest BCUT2D eigenvalue weighted by Crippen LogP contribution is -2.61. The maximum Gasteiger partial charge on any atom is 0.242 e. The zero-order valence-corrected chi connectivity index (χ0v) is 16.5. The topological polar surface area (TPSA) is 58.8 Å². The number of nitrogens with two attached hydrogens (primary N) is 1. The monoisotopic (exact) mass is 409 g/mol. The van der Waals surface area contributed by atoms with Crippen LogP contribution in [-0.2, 0) is 16.1 Å². The largest absolute Gasteiger partial charge is 0.381 e. The first kappa shape index (κ1) is 22.5. The SMILES string of the molecule is Cl.Cl.NC1(C(=O)N2CCN(Cc3cccc(Cl)c3)CC2)CCOCC1. The van der Waals surface area contributed by atoms with Crippen molar-refractivity contribution in [1.82, 2.24) is 9.80 Å². The van der Waals surface area contributed by atoms with Gasteiger partial charge >= 0.3 is 0 Å². The van der Waals surface area contributed by atoms with E-state index in [2.05, 4.69) is 11.0 Å². The van der Waals surface area contributed by atoms with Crippen LogP contribution in [0.5, 0.6) is 0 Å². The Balaban J connectivity index is 0.00000156. The van der Waals surface area contributed by atoms with Crippen molar-refractivity contribution >= 4 is 42.3 Å². The summed E-state index contributed by atoms with van der Waals surface area (Å²) in [6, 6.07) is 7.94. The normalized spacial score (nSPS) is 20.3. The number of piperazine rings is 1. The number of hydrogen-bond donors (Lipinski definition) is 1. The van der Waals surface area contributed by atoms with Crippen LogP contribution in [0.2, 0.25) is 5.02 Å². The molecule has 0 bridgehead atoms. The van der Waals surface area contributed by atoms with E-state index in [9.17, 15) is 4.79 Å². The van der Waals surface area contributed by atoms with Crippen molar-refractivity contribution < 1.29 is 9.53 Å². The van der Waals surface area contributed by atoms with Gasteiger partial charge in [0.15, 0.2) is 0 Å². The molecule has 0 radical (unpaired) electrons. The summed E-state index contributed by atoms with van der Waals surface area (Å²) in [7, 11) is 0. The maximum absolute atomic E-state index is 12.7. The van der Waals surface area contributed by atoms with Crippen LogP contribution >= 0.6 is 36.4 Å². The maximum atomic E-state index is 12.7. The fourth-order valence-electron chi connectivity index (χ4n) is 3.27. The van der Waals surface area contributed by atoms with Gasteiger partial charge in [-0.1, -0.05) is 23.7 Å². The number of carbonyl (C=O) groups excluding carboxylic acids is 1. The Morgan fingerprint density at radius 1 is 1.16 bits per heavy atom. The van der Waals surface area contributed by atoms with Crippen molar-refractivity contribution in [3.05, 3.63) is 34.9 Å². The average molecular weight is 411 g/mol. The number of hydrogen-bond acceptors (Lipinski definition) is 4. The van der Waals surface area contributed by atoms with Gasteiger partial charge in [-0.3, -0.25) is 9.69 Å². The zero-order chi connectivity index (χ0) is 16.3. The van der Waals surface area contributed by atoms with Gasteiger partial charge in [-0.15, -0.1) is 24.8 Å². The summed E-state index contributed by atoms with van der Waals surface area (Å²) in [6.45, 7) is 5.23. The zero-order valence-electron chi connectivity index (χ0n) is 14.2. The average Bonchev–Trinajstić information content (AvgIpc) is 2.56. The Morgan fingerprint density at radius 2 is 1.80 bits per heavy atom. The molecule has 25 heavy (non-hydrogen) atoms. The van der Waals surface area contributed by atoms with Gasteiger partial charge in [-0.25, -0.2) is 0 Å². The highest BCUT2D eigenvalue weighted by molar-refractivity contribution is 6.30. The molecule has 2 heterocycles. The molecule has 3 rings (SSSR count). The van der Waals surface area contributed by atoms with Gasteiger partial charge in [0.05, 0.1) is 5.54 Å². The first-order valence-electron chi connectivity index (χ1n) is 8.20. The first-order chi connectivity index (χ1) is 11.1. The van der Waals surface area contributed by atoms with E-state index in [4.69, 9.17) is 22.1 Å². The molecule has 1 aromatic rings. The number of benzene rings is 1. The summed E-state index contributed by atoms with van der Waals surface area (Å²) < 4.78 is 5.33. The van der Waals surface area contributed by atoms with Crippen molar-refractivity contribution in [1.29, 1.82) is 0 Å². The smallest absolute Gasteiger partial charge is 0.242 e. The first-order valence-corrected chi connectivity index (χ1v) is 8.57. The van der Waals surface area contributed by atoms with Crippen molar-refractivity contribution in [2.75, 3.05) is 39.4 Å². The van der Waals surface area contributed by atoms with E-state index in [1.165, 1.54) is 5.56 Å². The molecule has 0 atom stereocenters. The van der Waals surface area contributed by atoms with Crippen LogP contribution in [0.25, 0.3) is 0 Å².